The molecule has 2 aliphatic rings. The molecule has 3 heteroatoms. The summed E-state index contributed by atoms with van der Waals surface area (Å²) < 4.78 is 6.14. The SMILES string of the molecule is O=C1CCCC2Oc3ccccc3C(Sc3ccccc3)C12. The third kappa shape index (κ3) is 2.44. The summed E-state index contributed by atoms with van der Waals surface area (Å²) in [5.41, 5.74) is 1.16. The van der Waals surface area contributed by atoms with Crippen LogP contribution in [0.15, 0.2) is 59.5 Å². The maximum Gasteiger partial charge on any atom is 0.141 e. The summed E-state index contributed by atoms with van der Waals surface area (Å²) in [5, 5.41) is 0.158. The Morgan fingerprint density at radius 1 is 1.00 bits per heavy atom. The van der Waals surface area contributed by atoms with Gasteiger partial charge in [0.1, 0.15) is 17.6 Å². The topological polar surface area (TPSA) is 26.3 Å². The van der Waals surface area contributed by atoms with Crippen molar-refractivity contribution in [3.05, 3.63) is 60.2 Å². The molecule has 0 spiro atoms. The lowest BCUT2D eigenvalue weighted by atomic mass is 9.79. The van der Waals surface area contributed by atoms with Crippen LogP contribution in [0.3, 0.4) is 0 Å². The Bertz CT molecular complexity index is 683. The molecular weight excluding hydrogens is 292 g/mol. The first kappa shape index (κ1) is 13.9. The monoisotopic (exact) mass is 310 g/mol. The van der Waals surface area contributed by atoms with E-state index in [0.717, 1.165) is 24.2 Å². The fourth-order valence-electron chi connectivity index (χ4n) is 3.49. The van der Waals surface area contributed by atoms with Gasteiger partial charge in [-0.25, -0.2) is 0 Å². The van der Waals surface area contributed by atoms with Crippen molar-refractivity contribution in [1.29, 1.82) is 0 Å². The van der Waals surface area contributed by atoms with E-state index in [1.54, 1.807) is 11.8 Å². The lowest BCUT2D eigenvalue weighted by Gasteiger charge is -2.41. The Labute approximate surface area is 134 Å². The third-order valence-corrected chi connectivity index (χ3v) is 5.87. The number of benzene rings is 2. The highest BCUT2D eigenvalue weighted by molar-refractivity contribution is 7.99. The van der Waals surface area contributed by atoms with Crippen LogP contribution in [0.25, 0.3) is 0 Å². The highest BCUT2D eigenvalue weighted by Crippen LogP contribution is 2.51. The first-order chi connectivity index (χ1) is 10.8. The summed E-state index contributed by atoms with van der Waals surface area (Å²) in [4.78, 5) is 13.8. The van der Waals surface area contributed by atoms with Crippen molar-refractivity contribution >= 4 is 17.5 Å². The molecule has 2 nitrogen and oxygen atoms in total. The van der Waals surface area contributed by atoms with Crippen molar-refractivity contribution in [2.75, 3.05) is 0 Å². The summed E-state index contributed by atoms with van der Waals surface area (Å²) in [6.45, 7) is 0. The predicted molar refractivity (Wildman–Crippen MR) is 88.2 cm³/mol. The van der Waals surface area contributed by atoms with Gasteiger partial charge in [0.25, 0.3) is 0 Å². The van der Waals surface area contributed by atoms with E-state index in [2.05, 4.69) is 18.2 Å². The third-order valence-electron chi connectivity index (χ3n) is 4.52. The van der Waals surface area contributed by atoms with Gasteiger partial charge in [0.05, 0.1) is 11.2 Å². The lowest BCUT2D eigenvalue weighted by Crippen LogP contribution is -2.42. The first-order valence-corrected chi connectivity index (χ1v) is 8.71. The van der Waals surface area contributed by atoms with Crippen LogP contribution >= 0.6 is 11.8 Å². The zero-order valence-corrected chi connectivity index (χ0v) is 13.1. The number of hydrogen-bond donors (Lipinski definition) is 0. The smallest absolute Gasteiger partial charge is 0.141 e. The van der Waals surface area contributed by atoms with Crippen LogP contribution in [0.1, 0.15) is 30.1 Å². The van der Waals surface area contributed by atoms with E-state index >= 15 is 0 Å². The van der Waals surface area contributed by atoms with E-state index in [9.17, 15) is 4.79 Å². The van der Waals surface area contributed by atoms with Crippen molar-refractivity contribution in [3.63, 3.8) is 0 Å². The molecule has 22 heavy (non-hydrogen) atoms. The number of carbonyl (C=O) groups excluding carboxylic acids is 1. The summed E-state index contributed by atoms with van der Waals surface area (Å²) in [7, 11) is 0. The van der Waals surface area contributed by atoms with Gasteiger partial charge in [0, 0.05) is 16.9 Å². The van der Waals surface area contributed by atoms with E-state index in [1.165, 1.54) is 4.90 Å². The molecular formula is C19H18O2S. The number of hydrogen-bond acceptors (Lipinski definition) is 3. The molecule has 3 unspecified atom stereocenters. The number of rotatable bonds is 2. The number of thioether (sulfide) groups is 1. The number of para-hydroxylation sites is 1. The Balaban J connectivity index is 1.75. The zero-order valence-electron chi connectivity index (χ0n) is 12.3. The quantitative estimate of drug-likeness (QED) is 0.807. The predicted octanol–water partition coefficient (Wildman–Crippen LogP) is 4.65. The Morgan fingerprint density at radius 2 is 1.77 bits per heavy atom. The van der Waals surface area contributed by atoms with Gasteiger partial charge in [-0.15, -0.1) is 11.8 Å². The van der Waals surface area contributed by atoms with E-state index in [1.807, 2.05) is 36.4 Å². The van der Waals surface area contributed by atoms with Crippen LogP contribution in [0.2, 0.25) is 0 Å². The lowest BCUT2D eigenvalue weighted by molar-refractivity contribution is -0.129. The highest BCUT2D eigenvalue weighted by atomic mass is 32.2. The van der Waals surface area contributed by atoms with E-state index in [0.29, 0.717) is 12.2 Å². The molecule has 1 fully saturated rings. The van der Waals surface area contributed by atoms with Crippen LogP contribution in [-0.2, 0) is 4.79 Å². The van der Waals surface area contributed by atoms with Crippen molar-refractivity contribution < 1.29 is 9.53 Å². The van der Waals surface area contributed by atoms with Gasteiger partial charge in [-0.1, -0.05) is 36.4 Å². The normalized spacial score (nSPS) is 26.7. The number of carbonyl (C=O) groups is 1. The molecule has 2 aromatic rings. The maximum atomic E-state index is 12.5. The Kier molecular flexibility index (Phi) is 3.67. The average Bonchev–Trinajstić information content (AvgIpc) is 2.56. The molecule has 0 bridgehead atoms. The second-order valence-electron chi connectivity index (χ2n) is 5.93. The number of fused-ring (bicyclic) bond motifs is 2. The minimum atomic E-state index is -0.0196. The number of Topliss-reactive ketones (excluding diaryl/α,β-unsaturated/α-hetero) is 1. The van der Waals surface area contributed by atoms with Gasteiger partial charge < -0.3 is 4.74 Å². The van der Waals surface area contributed by atoms with E-state index in [4.69, 9.17) is 4.74 Å². The molecule has 0 saturated heterocycles. The van der Waals surface area contributed by atoms with Crippen molar-refractivity contribution in [2.45, 2.75) is 35.5 Å². The summed E-state index contributed by atoms with van der Waals surface area (Å²) >= 11 is 1.80. The molecule has 2 aromatic carbocycles. The van der Waals surface area contributed by atoms with Crippen molar-refractivity contribution in [3.8, 4) is 5.75 Å². The average molecular weight is 310 g/mol. The van der Waals surface area contributed by atoms with Gasteiger partial charge in [0.2, 0.25) is 0 Å². The summed E-state index contributed by atoms with van der Waals surface area (Å²) in [5.74, 6) is 1.29. The number of ether oxygens (including phenoxy) is 1. The van der Waals surface area contributed by atoms with Crippen molar-refractivity contribution in [1.82, 2.24) is 0 Å². The van der Waals surface area contributed by atoms with Gasteiger partial charge >= 0.3 is 0 Å². The molecule has 0 aromatic heterocycles. The second kappa shape index (κ2) is 5.81. The van der Waals surface area contributed by atoms with Crippen LogP contribution in [0.5, 0.6) is 5.75 Å². The number of ketones is 1. The van der Waals surface area contributed by atoms with Crippen LogP contribution in [0.4, 0.5) is 0 Å². The first-order valence-electron chi connectivity index (χ1n) is 7.83. The van der Waals surface area contributed by atoms with Crippen LogP contribution in [0, 0.1) is 5.92 Å². The van der Waals surface area contributed by atoms with E-state index in [-0.39, 0.29) is 17.3 Å². The maximum absolute atomic E-state index is 12.5. The second-order valence-corrected chi connectivity index (χ2v) is 7.14. The summed E-state index contributed by atoms with van der Waals surface area (Å²) in [6.07, 6.45) is 2.66. The molecule has 0 N–H and O–H groups in total. The van der Waals surface area contributed by atoms with Gasteiger partial charge in [-0.2, -0.15) is 0 Å². The largest absolute Gasteiger partial charge is 0.489 e. The molecule has 1 aliphatic carbocycles. The van der Waals surface area contributed by atoms with Gasteiger partial charge in [-0.05, 0) is 31.0 Å². The van der Waals surface area contributed by atoms with Gasteiger partial charge in [-0.3, -0.25) is 4.79 Å². The molecule has 0 amide bonds. The van der Waals surface area contributed by atoms with Crippen LogP contribution in [-0.4, -0.2) is 11.9 Å². The molecule has 3 atom stereocenters. The minimum Gasteiger partial charge on any atom is -0.489 e. The molecule has 1 saturated carbocycles. The zero-order chi connectivity index (χ0) is 14.9. The molecule has 1 heterocycles. The highest BCUT2D eigenvalue weighted by Gasteiger charge is 2.44. The van der Waals surface area contributed by atoms with E-state index < -0.39 is 0 Å². The minimum absolute atomic E-state index is 0.0196. The van der Waals surface area contributed by atoms with Gasteiger partial charge in [0.15, 0.2) is 0 Å². The van der Waals surface area contributed by atoms with Crippen molar-refractivity contribution in [2.24, 2.45) is 5.92 Å². The molecule has 0 radical (unpaired) electrons. The standard InChI is InChI=1S/C19H18O2S/c20-15-10-6-12-17-18(15)19(22-13-7-2-1-3-8-13)14-9-4-5-11-16(14)21-17/h1-5,7-9,11,17-19H,6,10,12H2. The summed E-state index contributed by atoms with van der Waals surface area (Å²) in [6, 6.07) is 18.5. The van der Waals surface area contributed by atoms with Crippen LogP contribution < -0.4 is 4.74 Å². The fourth-order valence-corrected chi connectivity index (χ4v) is 4.89. The Hall–Kier alpha value is -1.74. The molecule has 4 rings (SSSR count). The molecule has 112 valence electrons. The molecule has 1 aliphatic heterocycles. The Morgan fingerprint density at radius 3 is 2.64 bits per heavy atom. The fraction of sp³-hybridized carbons (Fsp3) is 0.316.